The fourth-order valence-electron chi connectivity index (χ4n) is 2.21. The van der Waals surface area contributed by atoms with Gasteiger partial charge >= 0.3 is 0 Å². The van der Waals surface area contributed by atoms with Gasteiger partial charge in [-0.05, 0) is 42.3 Å². The van der Waals surface area contributed by atoms with E-state index in [1.807, 2.05) is 6.08 Å². The third kappa shape index (κ3) is 5.61. The summed E-state index contributed by atoms with van der Waals surface area (Å²) in [7, 11) is 0. The first-order valence-electron chi connectivity index (χ1n) is 7.41. The lowest BCUT2D eigenvalue weighted by atomic mass is 9.86. The van der Waals surface area contributed by atoms with E-state index in [-0.39, 0.29) is 5.41 Å². The second-order valence-electron chi connectivity index (χ2n) is 6.33. The molecule has 0 spiro atoms. The Labute approximate surface area is 119 Å². The van der Waals surface area contributed by atoms with Gasteiger partial charge in [-0.15, -0.1) is 6.58 Å². The van der Waals surface area contributed by atoms with Gasteiger partial charge in [-0.25, -0.2) is 0 Å². The number of benzene rings is 1. The predicted molar refractivity (Wildman–Crippen MR) is 85.7 cm³/mol. The molecule has 1 unspecified atom stereocenters. The van der Waals surface area contributed by atoms with Crippen LogP contribution in [0.25, 0.3) is 0 Å². The van der Waals surface area contributed by atoms with Gasteiger partial charge < -0.3 is 5.32 Å². The summed E-state index contributed by atoms with van der Waals surface area (Å²) in [5.74, 6) is 0. The van der Waals surface area contributed by atoms with E-state index in [4.69, 9.17) is 0 Å². The van der Waals surface area contributed by atoms with Crippen LogP contribution in [-0.2, 0) is 11.8 Å². The van der Waals surface area contributed by atoms with Crippen molar-refractivity contribution in [1.82, 2.24) is 5.32 Å². The Bertz CT molecular complexity index is 370. The van der Waals surface area contributed by atoms with E-state index in [9.17, 15) is 0 Å². The third-order valence-corrected chi connectivity index (χ3v) is 3.44. The highest BCUT2D eigenvalue weighted by Gasteiger charge is 2.13. The molecule has 1 nitrogen and oxygen atoms in total. The summed E-state index contributed by atoms with van der Waals surface area (Å²) in [6, 6.07) is 9.58. The van der Waals surface area contributed by atoms with Gasteiger partial charge in [-0.2, -0.15) is 0 Å². The zero-order valence-electron chi connectivity index (χ0n) is 13.0. The summed E-state index contributed by atoms with van der Waals surface area (Å²) in [5.41, 5.74) is 3.04. The highest BCUT2D eigenvalue weighted by molar-refractivity contribution is 5.28. The van der Waals surface area contributed by atoms with Crippen LogP contribution >= 0.6 is 0 Å². The maximum Gasteiger partial charge on any atom is 0.0142 e. The third-order valence-electron chi connectivity index (χ3n) is 3.44. The van der Waals surface area contributed by atoms with Crippen LogP contribution in [0.2, 0.25) is 0 Å². The van der Waals surface area contributed by atoms with Gasteiger partial charge in [0.1, 0.15) is 0 Å². The van der Waals surface area contributed by atoms with Crippen LogP contribution in [0.3, 0.4) is 0 Å². The molecular formula is C18H29N. The van der Waals surface area contributed by atoms with Crippen LogP contribution < -0.4 is 5.32 Å². The van der Waals surface area contributed by atoms with E-state index in [1.54, 1.807) is 0 Å². The van der Waals surface area contributed by atoms with Gasteiger partial charge in [0.25, 0.3) is 0 Å². The first-order valence-corrected chi connectivity index (χ1v) is 7.41. The number of hydrogen-bond donors (Lipinski definition) is 1. The Morgan fingerprint density at radius 3 is 2.32 bits per heavy atom. The second kappa shape index (κ2) is 7.49. The number of hydrogen-bond acceptors (Lipinski definition) is 1. The Kier molecular flexibility index (Phi) is 6.30. The molecule has 0 aliphatic rings. The van der Waals surface area contributed by atoms with E-state index in [0.717, 1.165) is 19.4 Å². The van der Waals surface area contributed by atoms with Crippen molar-refractivity contribution < 1.29 is 0 Å². The summed E-state index contributed by atoms with van der Waals surface area (Å²) >= 11 is 0. The topological polar surface area (TPSA) is 12.0 Å². The monoisotopic (exact) mass is 259 g/mol. The van der Waals surface area contributed by atoms with Crippen molar-refractivity contribution in [3.05, 3.63) is 48.0 Å². The van der Waals surface area contributed by atoms with Crippen LogP contribution in [0.15, 0.2) is 36.9 Å². The maximum absolute atomic E-state index is 3.86. The summed E-state index contributed by atoms with van der Waals surface area (Å²) in [4.78, 5) is 0. The Morgan fingerprint density at radius 1 is 1.21 bits per heavy atom. The number of rotatable bonds is 7. The highest BCUT2D eigenvalue weighted by atomic mass is 14.9. The largest absolute Gasteiger partial charge is 0.313 e. The lowest BCUT2D eigenvalue weighted by molar-refractivity contribution is 0.511. The minimum atomic E-state index is 0.236. The molecule has 19 heavy (non-hydrogen) atoms. The summed E-state index contributed by atoms with van der Waals surface area (Å²) in [6.07, 6.45) is 5.30. The molecule has 0 aliphatic heterocycles. The van der Waals surface area contributed by atoms with Crippen LogP contribution in [0.5, 0.6) is 0 Å². The fraction of sp³-hybridized carbons (Fsp3) is 0.556. The van der Waals surface area contributed by atoms with Crippen molar-refractivity contribution in [2.24, 2.45) is 0 Å². The van der Waals surface area contributed by atoms with E-state index in [0.29, 0.717) is 6.04 Å². The van der Waals surface area contributed by atoms with Crippen molar-refractivity contribution in [2.45, 2.75) is 58.4 Å². The average molecular weight is 259 g/mol. The summed E-state index contributed by atoms with van der Waals surface area (Å²) in [5, 5.41) is 3.59. The van der Waals surface area contributed by atoms with E-state index in [1.165, 1.54) is 17.5 Å². The van der Waals surface area contributed by atoms with E-state index < -0.39 is 0 Å². The van der Waals surface area contributed by atoms with Crippen LogP contribution in [0.4, 0.5) is 0 Å². The van der Waals surface area contributed by atoms with Crippen molar-refractivity contribution >= 4 is 0 Å². The molecule has 1 atom stereocenters. The zero-order chi connectivity index (χ0) is 14.3. The molecule has 0 saturated carbocycles. The zero-order valence-corrected chi connectivity index (χ0v) is 13.0. The molecule has 0 fully saturated rings. The standard InChI is InChI=1S/C18H29N/c1-6-8-17(19-13-7-2)14-15-9-11-16(12-10-15)18(3,4)5/h6,9-12,17,19H,1,7-8,13-14H2,2-5H3. The quantitative estimate of drug-likeness (QED) is 0.712. The van der Waals surface area contributed by atoms with E-state index >= 15 is 0 Å². The van der Waals surface area contributed by atoms with Gasteiger partial charge in [0.15, 0.2) is 0 Å². The van der Waals surface area contributed by atoms with Crippen LogP contribution in [0, 0.1) is 0 Å². The van der Waals surface area contributed by atoms with Crippen molar-refractivity contribution in [1.29, 1.82) is 0 Å². The molecule has 0 amide bonds. The molecule has 0 aliphatic carbocycles. The molecule has 1 rings (SSSR count). The highest BCUT2D eigenvalue weighted by Crippen LogP contribution is 2.22. The lowest BCUT2D eigenvalue weighted by Crippen LogP contribution is -2.31. The van der Waals surface area contributed by atoms with Gasteiger partial charge in [-0.3, -0.25) is 0 Å². The smallest absolute Gasteiger partial charge is 0.0142 e. The maximum atomic E-state index is 3.86. The Hall–Kier alpha value is -1.08. The molecule has 1 heteroatoms. The number of nitrogens with one attached hydrogen (secondary N) is 1. The Balaban J connectivity index is 2.66. The molecular weight excluding hydrogens is 230 g/mol. The first-order chi connectivity index (χ1) is 8.97. The van der Waals surface area contributed by atoms with Gasteiger partial charge in [-0.1, -0.05) is 58.0 Å². The molecule has 0 heterocycles. The average Bonchev–Trinajstić information content (AvgIpc) is 2.36. The molecule has 1 aromatic rings. The van der Waals surface area contributed by atoms with Crippen molar-refractivity contribution in [2.75, 3.05) is 6.54 Å². The first kappa shape index (κ1) is 16.0. The molecule has 0 bridgehead atoms. The van der Waals surface area contributed by atoms with Gasteiger partial charge in [0.05, 0.1) is 0 Å². The molecule has 106 valence electrons. The minimum absolute atomic E-state index is 0.236. The van der Waals surface area contributed by atoms with Crippen LogP contribution in [-0.4, -0.2) is 12.6 Å². The SMILES string of the molecule is C=CCC(Cc1ccc(C(C)(C)C)cc1)NCCC. The van der Waals surface area contributed by atoms with Gasteiger partial charge in [0.2, 0.25) is 0 Å². The summed E-state index contributed by atoms with van der Waals surface area (Å²) in [6.45, 7) is 13.9. The van der Waals surface area contributed by atoms with Crippen molar-refractivity contribution in [3.63, 3.8) is 0 Å². The molecule has 1 N–H and O–H groups in total. The lowest BCUT2D eigenvalue weighted by Gasteiger charge is -2.20. The molecule has 0 saturated heterocycles. The van der Waals surface area contributed by atoms with Crippen LogP contribution in [0.1, 0.15) is 51.7 Å². The molecule has 0 aromatic heterocycles. The predicted octanol–water partition coefficient (Wildman–Crippen LogP) is 4.47. The summed E-state index contributed by atoms with van der Waals surface area (Å²) < 4.78 is 0. The van der Waals surface area contributed by atoms with E-state index in [2.05, 4.69) is 63.9 Å². The van der Waals surface area contributed by atoms with Crippen molar-refractivity contribution in [3.8, 4) is 0 Å². The molecule has 0 radical (unpaired) electrons. The fourth-order valence-corrected chi connectivity index (χ4v) is 2.21. The normalized spacial score (nSPS) is 13.3. The second-order valence-corrected chi connectivity index (χ2v) is 6.33. The Morgan fingerprint density at radius 2 is 1.84 bits per heavy atom. The van der Waals surface area contributed by atoms with Gasteiger partial charge in [0, 0.05) is 6.04 Å². The minimum Gasteiger partial charge on any atom is -0.313 e. The molecule has 1 aromatic carbocycles.